The normalized spacial score (nSPS) is 16.0. The first kappa shape index (κ1) is 20.7. The van der Waals surface area contributed by atoms with Gasteiger partial charge in [0.1, 0.15) is 0 Å². The van der Waals surface area contributed by atoms with Gasteiger partial charge in [0.05, 0.1) is 25.3 Å². The van der Waals surface area contributed by atoms with Gasteiger partial charge in [0, 0.05) is 12.2 Å². The van der Waals surface area contributed by atoms with E-state index < -0.39 is 6.04 Å². The lowest BCUT2D eigenvalue weighted by Crippen LogP contribution is -2.46. The molecule has 2 aromatic carbocycles. The minimum atomic E-state index is -0.399. The first-order valence-electron chi connectivity index (χ1n) is 9.44. The van der Waals surface area contributed by atoms with Crippen LogP contribution in [0.15, 0.2) is 59.8 Å². The van der Waals surface area contributed by atoms with Crippen LogP contribution in [0.2, 0.25) is 0 Å². The van der Waals surface area contributed by atoms with Gasteiger partial charge in [0.15, 0.2) is 16.6 Å². The van der Waals surface area contributed by atoms with Gasteiger partial charge in [0.25, 0.3) is 5.91 Å². The number of amides is 1. The van der Waals surface area contributed by atoms with Gasteiger partial charge in [-0.05, 0) is 49.3 Å². The Labute approximate surface area is 176 Å². The fourth-order valence-corrected chi connectivity index (χ4v) is 3.53. The number of methoxy groups -OCH3 is 1. The molecule has 1 amide bonds. The van der Waals surface area contributed by atoms with E-state index in [1.54, 1.807) is 7.11 Å². The van der Waals surface area contributed by atoms with Crippen LogP contribution in [0.3, 0.4) is 0 Å². The van der Waals surface area contributed by atoms with Crippen LogP contribution in [0.5, 0.6) is 11.5 Å². The Bertz CT molecular complexity index is 928. The molecule has 7 heteroatoms. The minimum Gasteiger partial charge on any atom is -0.493 e. The molecule has 2 aromatic rings. The smallest absolute Gasteiger partial charge is 0.251 e. The Hall–Kier alpha value is -3.06. The predicted molar refractivity (Wildman–Crippen MR) is 117 cm³/mol. The van der Waals surface area contributed by atoms with Crippen molar-refractivity contribution in [1.82, 2.24) is 16.0 Å². The summed E-state index contributed by atoms with van der Waals surface area (Å²) in [5.74, 6) is 1.11. The molecule has 0 aromatic heterocycles. The van der Waals surface area contributed by atoms with E-state index in [1.165, 1.54) is 0 Å². The van der Waals surface area contributed by atoms with Crippen molar-refractivity contribution in [3.63, 3.8) is 0 Å². The van der Waals surface area contributed by atoms with Gasteiger partial charge >= 0.3 is 0 Å². The van der Waals surface area contributed by atoms with Crippen molar-refractivity contribution >= 4 is 23.2 Å². The number of carbonyl (C=O) groups excluding carboxylic acids is 1. The van der Waals surface area contributed by atoms with Gasteiger partial charge in [-0.3, -0.25) is 4.79 Å². The first-order chi connectivity index (χ1) is 14.0. The molecule has 0 radical (unpaired) electrons. The largest absolute Gasteiger partial charge is 0.493 e. The van der Waals surface area contributed by atoms with Gasteiger partial charge in [-0.15, -0.1) is 0 Å². The lowest BCUT2D eigenvalue weighted by Gasteiger charge is -2.30. The molecular weight excluding hydrogens is 386 g/mol. The van der Waals surface area contributed by atoms with Crippen LogP contribution in [0.25, 0.3) is 0 Å². The van der Waals surface area contributed by atoms with Crippen LogP contribution in [0, 0.1) is 0 Å². The molecule has 6 nitrogen and oxygen atoms in total. The number of hydrogen-bond donors (Lipinski definition) is 3. The lowest BCUT2D eigenvalue weighted by molar-refractivity contribution is -0.118. The van der Waals surface area contributed by atoms with E-state index in [2.05, 4.69) is 16.0 Å². The van der Waals surface area contributed by atoms with Crippen molar-refractivity contribution < 1.29 is 14.3 Å². The second kappa shape index (κ2) is 9.43. The lowest BCUT2D eigenvalue weighted by atomic mass is 9.94. The van der Waals surface area contributed by atoms with Crippen LogP contribution >= 0.6 is 12.2 Å². The molecule has 0 spiro atoms. The number of carbonyl (C=O) groups is 1. The van der Waals surface area contributed by atoms with E-state index in [4.69, 9.17) is 21.7 Å². The maximum atomic E-state index is 13.0. The second-order valence-corrected chi connectivity index (χ2v) is 6.99. The van der Waals surface area contributed by atoms with E-state index in [1.807, 2.05) is 62.4 Å². The number of thiocarbonyl (C=S) groups is 1. The van der Waals surface area contributed by atoms with E-state index in [9.17, 15) is 4.79 Å². The summed E-state index contributed by atoms with van der Waals surface area (Å²) in [6.45, 7) is 4.75. The number of ether oxygens (including phenoxy) is 2. The molecule has 3 N–H and O–H groups in total. The maximum Gasteiger partial charge on any atom is 0.251 e. The standard InChI is InChI=1S/C22H25N3O3S/c1-4-28-17-11-10-16(12-18(17)27-3)20-19(14(2)24-22(29)25-20)21(26)23-13-15-8-6-5-7-9-15/h5-12,20H,4,13H2,1-3H3,(H,23,26)(H2,24,25,29). The summed E-state index contributed by atoms with van der Waals surface area (Å²) in [6, 6.07) is 15.0. The second-order valence-electron chi connectivity index (χ2n) is 6.58. The fraction of sp³-hybridized carbons (Fsp3) is 0.273. The Morgan fingerprint density at radius 1 is 1.17 bits per heavy atom. The molecule has 1 aliphatic heterocycles. The zero-order chi connectivity index (χ0) is 20.8. The van der Waals surface area contributed by atoms with Crippen molar-refractivity contribution in [2.24, 2.45) is 0 Å². The molecule has 0 saturated heterocycles. The summed E-state index contributed by atoms with van der Waals surface area (Å²) >= 11 is 5.33. The summed E-state index contributed by atoms with van der Waals surface area (Å²) in [5.41, 5.74) is 3.20. The molecule has 0 aliphatic carbocycles. The van der Waals surface area contributed by atoms with Crippen LogP contribution in [-0.2, 0) is 11.3 Å². The molecule has 1 heterocycles. The fourth-order valence-electron chi connectivity index (χ4n) is 3.26. The summed E-state index contributed by atoms with van der Waals surface area (Å²) in [4.78, 5) is 13.0. The molecule has 29 heavy (non-hydrogen) atoms. The predicted octanol–water partition coefficient (Wildman–Crippen LogP) is 3.20. The molecule has 1 atom stereocenters. The maximum absolute atomic E-state index is 13.0. The number of nitrogens with one attached hydrogen (secondary N) is 3. The third-order valence-corrected chi connectivity index (χ3v) is 4.85. The Morgan fingerprint density at radius 2 is 1.93 bits per heavy atom. The topological polar surface area (TPSA) is 71.6 Å². The number of allylic oxidation sites excluding steroid dienone is 1. The summed E-state index contributed by atoms with van der Waals surface area (Å²) in [7, 11) is 1.59. The Balaban J connectivity index is 1.88. The monoisotopic (exact) mass is 411 g/mol. The highest BCUT2D eigenvalue weighted by Crippen LogP contribution is 2.34. The Kier molecular flexibility index (Phi) is 6.72. The molecule has 3 rings (SSSR count). The van der Waals surface area contributed by atoms with Gasteiger partial charge in [-0.2, -0.15) is 0 Å². The number of rotatable bonds is 7. The highest BCUT2D eigenvalue weighted by Gasteiger charge is 2.30. The van der Waals surface area contributed by atoms with Gasteiger partial charge < -0.3 is 25.4 Å². The average molecular weight is 412 g/mol. The van der Waals surface area contributed by atoms with E-state index in [-0.39, 0.29) is 5.91 Å². The zero-order valence-corrected chi connectivity index (χ0v) is 17.6. The summed E-state index contributed by atoms with van der Waals surface area (Å²) in [5, 5.41) is 9.72. The van der Waals surface area contributed by atoms with E-state index in [0.29, 0.717) is 35.3 Å². The van der Waals surface area contributed by atoms with Crippen molar-refractivity contribution in [2.75, 3.05) is 13.7 Å². The highest BCUT2D eigenvalue weighted by atomic mass is 32.1. The summed E-state index contributed by atoms with van der Waals surface area (Å²) in [6.07, 6.45) is 0. The molecule has 152 valence electrons. The number of benzene rings is 2. The molecule has 1 unspecified atom stereocenters. The third kappa shape index (κ3) is 4.86. The average Bonchev–Trinajstić information content (AvgIpc) is 2.72. The van der Waals surface area contributed by atoms with E-state index >= 15 is 0 Å². The van der Waals surface area contributed by atoms with Crippen molar-refractivity contribution in [2.45, 2.75) is 26.4 Å². The van der Waals surface area contributed by atoms with Crippen molar-refractivity contribution in [3.05, 3.63) is 70.9 Å². The van der Waals surface area contributed by atoms with E-state index in [0.717, 1.165) is 16.8 Å². The van der Waals surface area contributed by atoms with Crippen LogP contribution < -0.4 is 25.4 Å². The molecule has 0 bridgehead atoms. The quantitative estimate of drug-likeness (QED) is 0.608. The molecule has 0 fully saturated rings. The van der Waals surface area contributed by atoms with Crippen LogP contribution in [0.4, 0.5) is 0 Å². The van der Waals surface area contributed by atoms with Crippen LogP contribution in [0.1, 0.15) is 31.0 Å². The van der Waals surface area contributed by atoms with Crippen LogP contribution in [-0.4, -0.2) is 24.7 Å². The van der Waals surface area contributed by atoms with Crippen molar-refractivity contribution in [3.8, 4) is 11.5 Å². The third-order valence-electron chi connectivity index (χ3n) is 4.63. The molecule has 1 aliphatic rings. The highest BCUT2D eigenvalue weighted by molar-refractivity contribution is 7.80. The van der Waals surface area contributed by atoms with Gasteiger partial charge in [0.2, 0.25) is 0 Å². The molecular formula is C22H25N3O3S. The van der Waals surface area contributed by atoms with Gasteiger partial charge in [-0.25, -0.2) is 0 Å². The SMILES string of the molecule is CCOc1ccc(C2NC(=S)NC(C)=C2C(=O)NCc2ccccc2)cc1OC. The minimum absolute atomic E-state index is 0.160. The first-order valence-corrected chi connectivity index (χ1v) is 9.85. The molecule has 0 saturated carbocycles. The van der Waals surface area contributed by atoms with Crippen molar-refractivity contribution in [1.29, 1.82) is 0 Å². The Morgan fingerprint density at radius 3 is 2.62 bits per heavy atom. The summed E-state index contributed by atoms with van der Waals surface area (Å²) < 4.78 is 11.1. The van der Waals surface area contributed by atoms with Gasteiger partial charge in [-0.1, -0.05) is 36.4 Å². The zero-order valence-electron chi connectivity index (χ0n) is 16.7. The number of hydrogen-bond acceptors (Lipinski definition) is 4.